The van der Waals surface area contributed by atoms with Crippen LogP contribution in [0, 0.1) is 11.3 Å². The topological polar surface area (TPSA) is 88.1 Å². The minimum atomic E-state index is -0.940. The zero-order valence-electron chi connectivity index (χ0n) is 12.5. The minimum Gasteiger partial charge on any atom is -0.480 e. The standard InChI is InChI=1S/C16H17N3O3/c1-3-13-16(14(4-2)19(18-13)10-15(20)21)22-12-7-5-11(9-17)6-8-12/h5-8H,3-4,10H2,1-2H3,(H,20,21). The van der Waals surface area contributed by atoms with Crippen LogP contribution in [0.2, 0.25) is 0 Å². The summed E-state index contributed by atoms with van der Waals surface area (Å²) in [6, 6.07) is 8.83. The number of nitriles is 1. The fourth-order valence-electron chi connectivity index (χ4n) is 2.20. The average Bonchev–Trinajstić information content (AvgIpc) is 2.83. The van der Waals surface area contributed by atoms with Crippen molar-refractivity contribution in [3.05, 3.63) is 41.2 Å². The largest absolute Gasteiger partial charge is 0.480 e. The summed E-state index contributed by atoms with van der Waals surface area (Å²) in [5.41, 5.74) is 2.03. The number of aryl methyl sites for hydroxylation is 1. The number of aromatic nitrogens is 2. The van der Waals surface area contributed by atoms with E-state index in [4.69, 9.17) is 15.1 Å². The van der Waals surface area contributed by atoms with E-state index in [2.05, 4.69) is 11.2 Å². The Labute approximate surface area is 128 Å². The smallest absolute Gasteiger partial charge is 0.325 e. The van der Waals surface area contributed by atoms with Gasteiger partial charge in [-0.2, -0.15) is 10.4 Å². The molecule has 0 aliphatic rings. The summed E-state index contributed by atoms with van der Waals surface area (Å²) in [5.74, 6) is 0.263. The van der Waals surface area contributed by atoms with Crippen molar-refractivity contribution in [1.29, 1.82) is 5.26 Å². The van der Waals surface area contributed by atoms with Crippen molar-refractivity contribution in [2.24, 2.45) is 0 Å². The SMILES string of the molecule is CCc1nn(CC(=O)O)c(CC)c1Oc1ccc(C#N)cc1. The van der Waals surface area contributed by atoms with Crippen LogP contribution in [0.3, 0.4) is 0 Å². The molecule has 2 rings (SSSR count). The van der Waals surface area contributed by atoms with Crippen molar-refractivity contribution < 1.29 is 14.6 Å². The summed E-state index contributed by atoms with van der Waals surface area (Å²) in [7, 11) is 0. The molecule has 0 radical (unpaired) electrons. The molecule has 0 unspecified atom stereocenters. The van der Waals surface area contributed by atoms with Crippen molar-refractivity contribution in [2.45, 2.75) is 33.2 Å². The molecule has 2 aromatic rings. The zero-order valence-corrected chi connectivity index (χ0v) is 12.5. The minimum absolute atomic E-state index is 0.188. The lowest BCUT2D eigenvalue weighted by Gasteiger charge is -2.08. The van der Waals surface area contributed by atoms with Gasteiger partial charge in [0.05, 0.1) is 17.3 Å². The monoisotopic (exact) mass is 299 g/mol. The quantitative estimate of drug-likeness (QED) is 0.886. The van der Waals surface area contributed by atoms with Crippen LogP contribution in [0.1, 0.15) is 30.8 Å². The average molecular weight is 299 g/mol. The predicted molar refractivity (Wildman–Crippen MR) is 79.8 cm³/mol. The molecule has 114 valence electrons. The number of nitrogens with zero attached hydrogens (tertiary/aromatic N) is 3. The van der Waals surface area contributed by atoms with Crippen molar-refractivity contribution in [2.75, 3.05) is 0 Å². The first-order chi connectivity index (χ1) is 10.6. The molecular weight excluding hydrogens is 282 g/mol. The van der Waals surface area contributed by atoms with E-state index >= 15 is 0 Å². The van der Waals surface area contributed by atoms with E-state index in [0.29, 0.717) is 29.9 Å². The molecule has 1 aromatic heterocycles. The Morgan fingerprint density at radius 1 is 1.32 bits per heavy atom. The molecule has 6 nitrogen and oxygen atoms in total. The van der Waals surface area contributed by atoms with Gasteiger partial charge in [0, 0.05) is 0 Å². The van der Waals surface area contributed by atoms with Crippen LogP contribution in [0.25, 0.3) is 0 Å². The Balaban J connectivity index is 2.37. The highest BCUT2D eigenvalue weighted by molar-refractivity contribution is 5.66. The lowest BCUT2D eigenvalue weighted by atomic mass is 10.2. The predicted octanol–water partition coefficient (Wildman–Crippen LogP) is 2.76. The van der Waals surface area contributed by atoms with Gasteiger partial charge < -0.3 is 9.84 Å². The van der Waals surface area contributed by atoms with Gasteiger partial charge in [0.2, 0.25) is 0 Å². The molecule has 1 heterocycles. The summed E-state index contributed by atoms with van der Waals surface area (Å²) in [6.07, 6.45) is 1.26. The number of rotatable bonds is 6. The molecule has 0 saturated heterocycles. The van der Waals surface area contributed by atoms with Gasteiger partial charge in [-0.15, -0.1) is 0 Å². The summed E-state index contributed by atoms with van der Waals surface area (Å²) in [4.78, 5) is 10.9. The highest BCUT2D eigenvalue weighted by Crippen LogP contribution is 2.30. The summed E-state index contributed by atoms with van der Waals surface area (Å²) < 4.78 is 7.37. The van der Waals surface area contributed by atoms with Crippen LogP contribution in [-0.4, -0.2) is 20.9 Å². The van der Waals surface area contributed by atoms with Crippen LogP contribution in [0.15, 0.2) is 24.3 Å². The van der Waals surface area contributed by atoms with E-state index in [9.17, 15) is 4.79 Å². The van der Waals surface area contributed by atoms with Crippen molar-refractivity contribution in [1.82, 2.24) is 9.78 Å². The van der Waals surface area contributed by atoms with Gasteiger partial charge in [-0.05, 0) is 37.1 Å². The summed E-state index contributed by atoms with van der Waals surface area (Å²) >= 11 is 0. The first-order valence-electron chi connectivity index (χ1n) is 7.07. The van der Waals surface area contributed by atoms with E-state index in [1.807, 2.05) is 13.8 Å². The summed E-state index contributed by atoms with van der Waals surface area (Å²) in [6.45, 7) is 3.69. The Bertz CT molecular complexity index is 711. The fourth-order valence-corrected chi connectivity index (χ4v) is 2.20. The third kappa shape index (κ3) is 3.26. The van der Waals surface area contributed by atoms with Gasteiger partial charge in [-0.3, -0.25) is 9.48 Å². The van der Waals surface area contributed by atoms with Crippen molar-refractivity contribution in [3.8, 4) is 17.6 Å². The molecule has 0 amide bonds. The molecular formula is C16H17N3O3. The molecule has 0 saturated carbocycles. The number of carboxylic acid groups (broad SMARTS) is 1. The van der Waals surface area contributed by atoms with E-state index in [1.165, 1.54) is 4.68 Å². The number of ether oxygens (including phenoxy) is 1. The molecule has 22 heavy (non-hydrogen) atoms. The van der Waals surface area contributed by atoms with Crippen LogP contribution < -0.4 is 4.74 Å². The molecule has 0 atom stereocenters. The third-order valence-corrected chi connectivity index (χ3v) is 3.24. The van der Waals surface area contributed by atoms with Gasteiger partial charge in [0.1, 0.15) is 18.0 Å². The molecule has 0 bridgehead atoms. The van der Waals surface area contributed by atoms with Crippen molar-refractivity contribution >= 4 is 5.97 Å². The maximum absolute atomic E-state index is 10.9. The molecule has 0 aliphatic heterocycles. The fraction of sp³-hybridized carbons (Fsp3) is 0.312. The van der Waals surface area contributed by atoms with Gasteiger partial charge in [0.25, 0.3) is 0 Å². The van der Waals surface area contributed by atoms with E-state index in [0.717, 1.165) is 11.4 Å². The lowest BCUT2D eigenvalue weighted by molar-refractivity contribution is -0.137. The molecule has 0 aliphatic carbocycles. The van der Waals surface area contributed by atoms with Crippen molar-refractivity contribution in [3.63, 3.8) is 0 Å². The molecule has 1 aromatic carbocycles. The number of hydrogen-bond donors (Lipinski definition) is 1. The highest BCUT2D eigenvalue weighted by Gasteiger charge is 2.19. The van der Waals surface area contributed by atoms with Crippen LogP contribution in [0.5, 0.6) is 11.5 Å². The second-order valence-electron chi connectivity index (χ2n) is 4.72. The Kier molecular flexibility index (Phi) is 4.79. The van der Waals surface area contributed by atoms with E-state index in [1.54, 1.807) is 24.3 Å². The number of carbonyl (C=O) groups is 1. The Hall–Kier alpha value is -2.81. The second kappa shape index (κ2) is 6.76. The highest BCUT2D eigenvalue weighted by atomic mass is 16.5. The number of aliphatic carboxylic acids is 1. The molecule has 0 spiro atoms. The van der Waals surface area contributed by atoms with Gasteiger partial charge in [0.15, 0.2) is 5.75 Å². The van der Waals surface area contributed by atoms with Gasteiger partial charge in [-0.1, -0.05) is 13.8 Å². The van der Waals surface area contributed by atoms with Crippen LogP contribution in [-0.2, 0) is 24.2 Å². The number of carboxylic acids is 1. The maximum atomic E-state index is 10.9. The Morgan fingerprint density at radius 2 is 2.00 bits per heavy atom. The first kappa shape index (κ1) is 15.6. The van der Waals surface area contributed by atoms with Crippen LogP contribution >= 0.6 is 0 Å². The summed E-state index contributed by atoms with van der Waals surface area (Å²) in [5, 5.41) is 22.1. The third-order valence-electron chi connectivity index (χ3n) is 3.24. The van der Waals surface area contributed by atoms with Gasteiger partial charge in [-0.25, -0.2) is 0 Å². The van der Waals surface area contributed by atoms with Crippen LogP contribution in [0.4, 0.5) is 0 Å². The molecule has 0 fully saturated rings. The lowest BCUT2D eigenvalue weighted by Crippen LogP contribution is -2.13. The zero-order chi connectivity index (χ0) is 16.1. The Morgan fingerprint density at radius 3 is 2.50 bits per heavy atom. The normalized spacial score (nSPS) is 10.2. The maximum Gasteiger partial charge on any atom is 0.325 e. The van der Waals surface area contributed by atoms with E-state index in [-0.39, 0.29) is 6.54 Å². The molecule has 6 heteroatoms. The van der Waals surface area contributed by atoms with E-state index < -0.39 is 5.97 Å². The number of benzene rings is 1. The molecule has 1 N–H and O–H groups in total. The first-order valence-corrected chi connectivity index (χ1v) is 7.07. The second-order valence-corrected chi connectivity index (χ2v) is 4.72. The van der Waals surface area contributed by atoms with Gasteiger partial charge >= 0.3 is 5.97 Å². The number of hydrogen-bond acceptors (Lipinski definition) is 4.